The van der Waals surface area contributed by atoms with Gasteiger partial charge in [0.15, 0.2) is 23.2 Å². The van der Waals surface area contributed by atoms with Crippen LogP contribution in [0.4, 0.5) is 5.82 Å². The molecule has 1 saturated heterocycles. The number of imidazole rings is 1. The molecule has 1 aliphatic heterocycles. The number of halogens is 1. The summed E-state index contributed by atoms with van der Waals surface area (Å²) in [7, 11) is -3.44. The first-order valence-electron chi connectivity index (χ1n) is 15.3. The van der Waals surface area contributed by atoms with E-state index < -0.39 is 32.1 Å². The van der Waals surface area contributed by atoms with Gasteiger partial charge in [-0.25, -0.2) is 4.98 Å². The van der Waals surface area contributed by atoms with Crippen LogP contribution in [0.2, 0.25) is 5.28 Å². The van der Waals surface area contributed by atoms with Crippen LogP contribution >= 0.6 is 19.2 Å². The van der Waals surface area contributed by atoms with Crippen molar-refractivity contribution >= 4 is 36.2 Å². The monoisotopic (exact) mass is 625 g/mol. The van der Waals surface area contributed by atoms with Gasteiger partial charge in [-0.1, -0.05) is 13.8 Å². The molecule has 8 atom stereocenters. The van der Waals surface area contributed by atoms with Gasteiger partial charge in [-0.05, 0) is 101 Å². The SMILES string of the molecule is CC(C)OP(=O)(CC[C@H]1O[C@@H](n2cnc3c(NC45CC6C[C@@](C)(C4)C[C@](C)(C6)C5)nc(Cl)nc32)[C@H](O)[C@@H]1O)OC(C)C. The molecular formula is C29H45ClN5O6P. The highest BCUT2D eigenvalue weighted by atomic mass is 35.5. The largest absolute Gasteiger partial charge is 0.388 e. The van der Waals surface area contributed by atoms with E-state index in [0.29, 0.717) is 33.7 Å². The Hall–Kier alpha value is -1.33. The molecule has 3 heterocycles. The summed E-state index contributed by atoms with van der Waals surface area (Å²) in [5.41, 5.74) is 1.50. The van der Waals surface area contributed by atoms with Crippen molar-refractivity contribution in [2.45, 2.75) is 129 Å². The van der Waals surface area contributed by atoms with Crippen LogP contribution in [0.3, 0.4) is 0 Å². The minimum absolute atomic E-state index is 0.0399. The number of hydrogen-bond donors (Lipinski definition) is 3. The summed E-state index contributed by atoms with van der Waals surface area (Å²) in [6.45, 7) is 12.0. The maximum Gasteiger partial charge on any atom is 0.331 e. The second kappa shape index (κ2) is 10.6. The summed E-state index contributed by atoms with van der Waals surface area (Å²) in [6, 6.07) is 0. The Labute approximate surface area is 252 Å². The Bertz CT molecular complexity index is 1360. The number of hydrogen-bond acceptors (Lipinski definition) is 10. The van der Waals surface area contributed by atoms with Gasteiger partial charge in [0, 0.05) is 5.54 Å². The molecule has 11 nitrogen and oxygen atoms in total. The van der Waals surface area contributed by atoms with Crippen LogP contribution in [0.1, 0.15) is 92.7 Å². The molecule has 0 radical (unpaired) electrons. The number of fused-ring (bicyclic) bond motifs is 1. The van der Waals surface area contributed by atoms with E-state index in [1.807, 2.05) is 0 Å². The van der Waals surface area contributed by atoms with Crippen molar-refractivity contribution in [1.82, 2.24) is 19.5 Å². The molecule has 3 N–H and O–H groups in total. The number of nitrogens with zero attached hydrogens (tertiary/aromatic N) is 4. The number of aliphatic hydroxyl groups is 2. The molecular weight excluding hydrogens is 581 g/mol. The molecule has 5 fully saturated rings. The fourth-order valence-electron chi connectivity index (χ4n) is 9.26. The average Bonchev–Trinajstić information content (AvgIpc) is 3.35. The molecule has 5 aliphatic rings. The lowest BCUT2D eigenvalue weighted by Crippen LogP contribution is -2.61. The Balaban J connectivity index is 1.23. The van der Waals surface area contributed by atoms with Crippen LogP contribution in [0.15, 0.2) is 6.33 Å². The molecule has 4 saturated carbocycles. The van der Waals surface area contributed by atoms with Gasteiger partial charge >= 0.3 is 7.60 Å². The normalized spacial score (nSPS) is 37.9. The molecule has 0 aromatic carbocycles. The maximum atomic E-state index is 13.3. The first-order chi connectivity index (χ1) is 19.6. The first kappa shape index (κ1) is 30.7. The zero-order valence-electron chi connectivity index (χ0n) is 25.4. The summed E-state index contributed by atoms with van der Waals surface area (Å²) in [6.07, 6.45) is 4.00. The van der Waals surface area contributed by atoms with Crippen molar-refractivity contribution in [2.24, 2.45) is 16.7 Å². The highest BCUT2D eigenvalue weighted by Gasteiger charge is 2.60. The predicted molar refractivity (Wildman–Crippen MR) is 160 cm³/mol. The molecule has 4 bridgehead atoms. The average molecular weight is 626 g/mol. The second-order valence-corrected chi connectivity index (χ2v) is 17.1. The Morgan fingerprint density at radius 3 is 2.31 bits per heavy atom. The maximum absolute atomic E-state index is 13.3. The molecule has 2 unspecified atom stereocenters. The summed E-state index contributed by atoms with van der Waals surface area (Å²) in [5, 5.41) is 25.8. The van der Waals surface area contributed by atoms with Crippen molar-refractivity contribution in [3.8, 4) is 0 Å². The Morgan fingerprint density at radius 2 is 1.71 bits per heavy atom. The molecule has 2 aromatic heterocycles. The van der Waals surface area contributed by atoms with E-state index in [1.165, 1.54) is 19.3 Å². The molecule has 42 heavy (non-hydrogen) atoms. The van der Waals surface area contributed by atoms with Gasteiger partial charge in [0.25, 0.3) is 0 Å². The van der Waals surface area contributed by atoms with Crippen LogP contribution in [-0.4, -0.2) is 72.0 Å². The fraction of sp³-hybridized carbons (Fsp3) is 0.828. The number of aliphatic hydroxyl groups excluding tert-OH is 2. The van der Waals surface area contributed by atoms with E-state index >= 15 is 0 Å². The van der Waals surface area contributed by atoms with Gasteiger partial charge in [-0.3, -0.25) is 9.13 Å². The smallest absolute Gasteiger partial charge is 0.331 e. The van der Waals surface area contributed by atoms with E-state index in [2.05, 4.69) is 34.1 Å². The minimum atomic E-state index is -3.44. The minimum Gasteiger partial charge on any atom is -0.388 e. The molecule has 2 aromatic rings. The van der Waals surface area contributed by atoms with E-state index in [0.717, 1.165) is 19.3 Å². The van der Waals surface area contributed by atoms with Crippen LogP contribution in [0.5, 0.6) is 0 Å². The fourth-order valence-corrected chi connectivity index (χ4v) is 11.5. The lowest BCUT2D eigenvalue weighted by molar-refractivity contribution is -0.0973. The van der Waals surface area contributed by atoms with Crippen LogP contribution in [0.25, 0.3) is 11.2 Å². The summed E-state index contributed by atoms with van der Waals surface area (Å²) < 4.78 is 32.4. The summed E-state index contributed by atoms with van der Waals surface area (Å²) in [5.74, 6) is 1.28. The lowest BCUT2D eigenvalue weighted by atomic mass is 9.43. The Kier molecular flexibility index (Phi) is 7.77. The van der Waals surface area contributed by atoms with Gasteiger partial charge < -0.3 is 29.3 Å². The third-order valence-electron chi connectivity index (χ3n) is 9.45. The number of aromatic nitrogens is 4. The summed E-state index contributed by atoms with van der Waals surface area (Å²) in [4.78, 5) is 13.7. The van der Waals surface area contributed by atoms with Gasteiger partial charge in [0.05, 0.1) is 30.8 Å². The van der Waals surface area contributed by atoms with Crippen molar-refractivity contribution in [1.29, 1.82) is 0 Å². The zero-order chi connectivity index (χ0) is 30.2. The molecule has 0 spiro atoms. The van der Waals surface area contributed by atoms with Crippen molar-refractivity contribution in [2.75, 3.05) is 11.5 Å². The number of ether oxygens (including phenoxy) is 1. The van der Waals surface area contributed by atoms with Crippen LogP contribution < -0.4 is 5.32 Å². The third kappa shape index (κ3) is 5.75. The first-order valence-corrected chi connectivity index (χ1v) is 17.4. The molecule has 0 amide bonds. The third-order valence-corrected chi connectivity index (χ3v) is 11.9. The Morgan fingerprint density at radius 1 is 1.07 bits per heavy atom. The zero-order valence-corrected chi connectivity index (χ0v) is 27.1. The second-order valence-electron chi connectivity index (χ2n) is 14.7. The van der Waals surface area contributed by atoms with Crippen molar-refractivity contribution < 1.29 is 28.6 Å². The predicted octanol–water partition coefficient (Wildman–Crippen LogP) is 5.69. The number of anilines is 1. The van der Waals surface area contributed by atoms with Gasteiger partial charge in [0.1, 0.15) is 12.2 Å². The molecule has 7 rings (SSSR count). The quantitative estimate of drug-likeness (QED) is 0.223. The highest BCUT2D eigenvalue weighted by molar-refractivity contribution is 7.53. The van der Waals surface area contributed by atoms with Crippen molar-refractivity contribution in [3.05, 3.63) is 11.6 Å². The topological polar surface area (TPSA) is 141 Å². The van der Waals surface area contributed by atoms with E-state index in [4.69, 9.17) is 25.4 Å². The number of rotatable bonds is 10. The molecule has 13 heteroatoms. The molecule has 234 valence electrons. The van der Waals surface area contributed by atoms with Crippen LogP contribution in [0, 0.1) is 16.7 Å². The summed E-state index contributed by atoms with van der Waals surface area (Å²) >= 11 is 6.46. The standard InChI is InChI=1S/C29H45ClN5O6P/c1-16(2)40-42(38,41-17(3)4)8-7-19-21(36)22(37)25(39-19)35-15-31-20-23(32-26(30)33-24(20)35)34-29-11-18-9-27(5,13-29)12-28(6,10-18)14-29/h15-19,21-22,25,36-37H,7-14H2,1-6H3,(H,32,33,34)/t18?,19-,21-,22-,25-,27-,28+,29?/m1/s1. The van der Waals surface area contributed by atoms with Crippen molar-refractivity contribution in [3.63, 3.8) is 0 Å². The van der Waals surface area contributed by atoms with Gasteiger partial charge in [-0.15, -0.1) is 0 Å². The lowest BCUT2D eigenvalue weighted by Gasteiger charge is -2.65. The van der Waals surface area contributed by atoms with E-state index in [1.54, 1.807) is 38.6 Å². The van der Waals surface area contributed by atoms with E-state index in [-0.39, 0.29) is 35.6 Å². The molecule has 4 aliphatic carbocycles. The van der Waals surface area contributed by atoms with Crippen LogP contribution in [-0.2, 0) is 18.3 Å². The number of nitrogens with one attached hydrogen (secondary N) is 1. The van der Waals surface area contributed by atoms with Gasteiger partial charge in [-0.2, -0.15) is 9.97 Å². The highest BCUT2D eigenvalue weighted by Crippen LogP contribution is 2.67. The van der Waals surface area contributed by atoms with Gasteiger partial charge in [0.2, 0.25) is 5.28 Å². The van der Waals surface area contributed by atoms with E-state index in [9.17, 15) is 14.8 Å².